The monoisotopic (exact) mass is 805 g/mol. The van der Waals surface area contributed by atoms with Crippen molar-refractivity contribution in [2.24, 2.45) is 0 Å². The summed E-state index contributed by atoms with van der Waals surface area (Å²) in [6.45, 7) is 0. The first kappa shape index (κ1) is 37.8. The van der Waals surface area contributed by atoms with E-state index in [1.807, 2.05) is 18.2 Å². The zero-order valence-corrected chi connectivity index (χ0v) is 34.6. The molecule has 0 saturated heterocycles. The maximum atomic E-state index is 11.0. The van der Waals surface area contributed by atoms with Crippen molar-refractivity contribution in [2.45, 2.75) is 5.41 Å². The minimum atomic E-state index is -0.561. The Morgan fingerprint density at radius 2 is 0.698 bits per heavy atom. The molecular formula is C61H43NO. The van der Waals surface area contributed by atoms with Crippen LogP contribution >= 0.6 is 0 Å². The van der Waals surface area contributed by atoms with E-state index in [0.717, 1.165) is 50.4 Å². The predicted octanol–water partition coefficient (Wildman–Crippen LogP) is 15.9. The van der Waals surface area contributed by atoms with Gasteiger partial charge in [0, 0.05) is 22.3 Å². The molecule has 0 aliphatic heterocycles. The molecule has 1 N–H and O–H groups in total. The summed E-state index contributed by atoms with van der Waals surface area (Å²) >= 11 is 0. The molecule has 0 saturated carbocycles. The third kappa shape index (κ3) is 6.43. The summed E-state index contributed by atoms with van der Waals surface area (Å²) in [4.78, 5) is 2.49. The minimum absolute atomic E-state index is 0.260. The molecule has 0 radical (unpaired) electrons. The summed E-state index contributed by atoms with van der Waals surface area (Å²) in [5, 5.41) is 11.0. The minimum Gasteiger partial charge on any atom is -0.507 e. The largest absolute Gasteiger partial charge is 0.507 e. The lowest BCUT2D eigenvalue weighted by atomic mass is 9.68. The fraction of sp³-hybridized carbons (Fsp3) is 0.0164. The molecule has 0 aromatic heterocycles. The van der Waals surface area contributed by atoms with Gasteiger partial charge in [0.25, 0.3) is 0 Å². The quantitative estimate of drug-likeness (QED) is 0.157. The molecule has 0 spiro atoms. The van der Waals surface area contributed by atoms with E-state index in [1.165, 1.54) is 44.5 Å². The lowest BCUT2D eigenvalue weighted by molar-refractivity contribution is 0.477. The van der Waals surface area contributed by atoms with Crippen LogP contribution in [0.3, 0.4) is 0 Å². The molecule has 0 bridgehead atoms. The number of phenolic OH excluding ortho intramolecular Hbond substituents is 1. The second-order valence-electron chi connectivity index (χ2n) is 16.1. The molecule has 63 heavy (non-hydrogen) atoms. The van der Waals surface area contributed by atoms with Crippen LogP contribution < -0.4 is 4.90 Å². The third-order valence-corrected chi connectivity index (χ3v) is 12.7. The summed E-state index contributed by atoms with van der Waals surface area (Å²) in [5.74, 6) is 0.260. The molecule has 10 aromatic rings. The zero-order valence-electron chi connectivity index (χ0n) is 34.6. The van der Waals surface area contributed by atoms with E-state index in [2.05, 4.69) is 235 Å². The van der Waals surface area contributed by atoms with Gasteiger partial charge in [-0.25, -0.2) is 0 Å². The van der Waals surface area contributed by atoms with Crippen LogP contribution in [0.5, 0.6) is 5.75 Å². The molecule has 0 amide bonds. The molecule has 0 unspecified atom stereocenters. The van der Waals surface area contributed by atoms with Gasteiger partial charge in [-0.3, -0.25) is 0 Å². The van der Waals surface area contributed by atoms with E-state index < -0.39 is 5.41 Å². The fourth-order valence-corrected chi connectivity index (χ4v) is 9.92. The van der Waals surface area contributed by atoms with Gasteiger partial charge in [0.2, 0.25) is 0 Å². The fourth-order valence-electron chi connectivity index (χ4n) is 9.92. The van der Waals surface area contributed by atoms with Crippen LogP contribution in [0, 0.1) is 0 Å². The Hall–Kier alpha value is -8.20. The topological polar surface area (TPSA) is 23.5 Å². The van der Waals surface area contributed by atoms with Crippen LogP contribution in [-0.4, -0.2) is 5.11 Å². The number of rotatable bonds is 9. The molecule has 11 rings (SSSR count). The van der Waals surface area contributed by atoms with E-state index in [-0.39, 0.29) is 5.75 Å². The highest BCUT2D eigenvalue weighted by atomic mass is 16.3. The maximum Gasteiger partial charge on any atom is 0.123 e. The van der Waals surface area contributed by atoms with Crippen LogP contribution in [0.1, 0.15) is 22.3 Å². The number of hydrogen-bond acceptors (Lipinski definition) is 2. The summed E-state index contributed by atoms with van der Waals surface area (Å²) in [7, 11) is 0. The van der Waals surface area contributed by atoms with Gasteiger partial charge < -0.3 is 10.0 Å². The molecule has 298 valence electrons. The second kappa shape index (κ2) is 16.0. The highest BCUT2D eigenvalue weighted by Crippen LogP contribution is 2.60. The lowest BCUT2D eigenvalue weighted by Gasteiger charge is -2.35. The highest BCUT2D eigenvalue weighted by Gasteiger charge is 2.47. The lowest BCUT2D eigenvalue weighted by Crippen LogP contribution is -2.28. The average Bonchev–Trinajstić information content (AvgIpc) is 3.67. The number of phenols is 1. The Morgan fingerprint density at radius 1 is 0.286 bits per heavy atom. The average molecular weight is 806 g/mol. The van der Waals surface area contributed by atoms with Crippen LogP contribution in [0.25, 0.3) is 55.6 Å². The Bertz CT molecular complexity index is 3190. The standard InChI is InChI=1S/C61H43NO/c63-59-37-17-13-30-52(59)47-23-18-22-46(42-47)51-29-12-16-35-57(51)62(56-34-15-11-28-50(56)45-40-38-44(39-41-45)43-20-4-1-5-21-43)58-36-19-33-55-60(58)53-31-10-14-32-54(53)61(55,48-24-6-2-7-25-48)49-26-8-3-9-27-49/h1-42,63H. The van der Waals surface area contributed by atoms with Crippen molar-refractivity contribution < 1.29 is 5.11 Å². The number of anilines is 3. The van der Waals surface area contributed by atoms with Gasteiger partial charge in [0.05, 0.1) is 22.5 Å². The van der Waals surface area contributed by atoms with Gasteiger partial charge >= 0.3 is 0 Å². The predicted molar refractivity (Wildman–Crippen MR) is 262 cm³/mol. The van der Waals surface area contributed by atoms with Crippen molar-refractivity contribution >= 4 is 17.1 Å². The Kier molecular flexibility index (Phi) is 9.60. The van der Waals surface area contributed by atoms with Gasteiger partial charge in [-0.05, 0) is 86.0 Å². The third-order valence-electron chi connectivity index (χ3n) is 12.7. The molecular weight excluding hydrogens is 763 g/mol. The van der Waals surface area contributed by atoms with E-state index >= 15 is 0 Å². The molecule has 1 aliphatic rings. The maximum absolute atomic E-state index is 11.0. The van der Waals surface area contributed by atoms with Crippen LogP contribution in [-0.2, 0) is 5.41 Å². The summed E-state index contributed by atoms with van der Waals surface area (Å²) in [6.07, 6.45) is 0. The second-order valence-corrected chi connectivity index (χ2v) is 16.1. The molecule has 0 atom stereocenters. The Labute approximate surface area is 369 Å². The van der Waals surface area contributed by atoms with Crippen molar-refractivity contribution in [3.05, 3.63) is 277 Å². The van der Waals surface area contributed by atoms with E-state index in [9.17, 15) is 5.11 Å². The molecule has 10 aromatic carbocycles. The van der Waals surface area contributed by atoms with Gasteiger partial charge in [0.1, 0.15) is 5.75 Å². The Balaban J connectivity index is 1.19. The van der Waals surface area contributed by atoms with Crippen molar-refractivity contribution in [2.75, 3.05) is 4.90 Å². The smallest absolute Gasteiger partial charge is 0.123 e. The number of hydrogen-bond donors (Lipinski definition) is 1. The summed E-state index contributed by atoms with van der Waals surface area (Å²) < 4.78 is 0. The van der Waals surface area contributed by atoms with Crippen LogP contribution in [0.2, 0.25) is 0 Å². The Morgan fingerprint density at radius 3 is 1.33 bits per heavy atom. The van der Waals surface area contributed by atoms with Crippen molar-refractivity contribution in [1.29, 1.82) is 0 Å². The molecule has 2 heteroatoms. The molecule has 2 nitrogen and oxygen atoms in total. The van der Waals surface area contributed by atoms with Gasteiger partial charge in [-0.2, -0.15) is 0 Å². The van der Waals surface area contributed by atoms with Gasteiger partial charge in [-0.1, -0.05) is 224 Å². The number of fused-ring (bicyclic) bond motifs is 3. The number of nitrogens with zero attached hydrogens (tertiary/aromatic N) is 1. The van der Waals surface area contributed by atoms with E-state index in [0.29, 0.717) is 0 Å². The van der Waals surface area contributed by atoms with Crippen molar-refractivity contribution in [3.8, 4) is 61.4 Å². The highest BCUT2D eigenvalue weighted by molar-refractivity contribution is 6.02. The number of para-hydroxylation sites is 3. The van der Waals surface area contributed by atoms with Crippen molar-refractivity contribution in [1.82, 2.24) is 0 Å². The first-order chi connectivity index (χ1) is 31.2. The zero-order chi connectivity index (χ0) is 42.2. The van der Waals surface area contributed by atoms with E-state index in [4.69, 9.17) is 0 Å². The van der Waals surface area contributed by atoms with Crippen molar-refractivity contribution in [3.63, 3.8) is 0 Å². The number of benzene rings is 10. The first-order valence-corrected chi connectivity index (χ1v) is 21.6. The first-order valence-electron chi connectivity index (χ1n) is 21.6. The van der Waals surface area contributed by atoms with E-state index in [1.54, 1.807) is 6.07 Å². The molecule has 0 fully saturated rings. The number of aromatic hydroxyl groups is 1. The van der Waals surface area contributed by atoms with Crippen LogP contribution in [0.4, 0.5) is 17.1 Å². The molecule has 1 aliphatic carbocycles. The normalized spacial score (nSPS) is 12.3. The summed E-state index contributed by atoms with van der Waals surface area (Å²) in [5.41, 5.74) is 18.5. The SMILES string of the molecule is Oc1ccccc1-c1cccc(-c2ccccc2N(c2ccccc2-c2ccc(-c3ccccc3)cc2)c2cccc3c2-c2ccccc2C3(c2ccccc2)c2ccccc2)c1. The summed E-state index contributed by atoms with van der Waals surface area (Å²) in [6, 6.07) is 91.0. The van der Waals surface area contributed by atoms with Crippen LogP contribution in [0.15, 0.2) is 255 Å². The molecule has 0 heterocycles. The van der Waals surface area contributed by atoms with Gasteiger partial charge in [0.15, 0.2) is 0 Å². The van der Waals surface area contributed by atoms with Gasteiger partial charge in [-0.15, -0.1) is 0 Å².